The Hall–Kier alpha value is 0.130. The summed E-state index contributed by atoms with van der Waals surface area (Å²) in [5.41, 5.74) is 0.795. The van der Waals surface area contributed by atoms with Gasteiger partial charge in [-0.15, -0.1) is 10.2 Å². The minimum Gasteiger partial charge on any atom is -0.480 e. The molecule has 1 heterocycles. The summed E-state index contributed by atoms with van der Waals surface area (Å²) in [5, 5.41) is 7.75. The van der Waals surface area contributed by atoms with E-state index >= 15 is 0 Å². The van der Waals surface area contributed by atoms with Gasteiger partial charge in [0.15, 0.2) is 5.15 Å². The number of nitrogens with zero attached hydrogens (tertiary/aromatic N) is 2. The van der Waals surface area contributed by atoms with Crippen LogP contribution in [0.15, 0.2) is 6.07 Å². The van der Waals surface area contributed by atoms with E-state index in [0.29, 0.717) is 11.0 Å². The molecule has 1 rings (SSSR count). The molecule has 1 aromatic heterocycles. The van der Waals surface area contributed by atoms with Crippen molar-refractivity contribution < 1.29 is 4.74 Å². The number of ether oxygens (including phenoxy) is 1. The zero-order valence-corrected chi connectivity index (χ0v) is 10.0. The van der Waals surface area contributed by atoms with Gasteiger partial charge in [-0.2, -0.15) is 0 Å². The standard InChI is InChI=1S/C6H5Br2ClN2O/c1-12-4-2-3(5(7)8)6(9)11-10-4/h2,5H,1H3. The Bertz CT molecular complexity index is 282. The lowest BCUT2D eigenvalue weighted by Crippen LogP contribution is -1.94. The number of rotatable bonds is 2. The lowest BCUT2D eigenvalue weighted by atomic mass is 10.3. The first-order valence-electron chi connectivity index (χ1n) is 3.00. The number of methoxy groups -OCH3 is 1. The average molecular weight is 316 g/mol. The highest BCUT2D eigenvalue weighted by Gasteiger charge is 2.10. The summed E-state index contributed by atoms with van der Waals surface area (Å²) >= 11 is 12.4. The lowest BCUT2D eigenvalue weighted by molar-refractivity contribution is 0.391. The Morgan fingerprint density at radius 1 is 1.50 bits per heavy atom. The third-order valence-corrected chi connectivity index (χ3v) is 2.48. The van der Waals surface area contributed by atoms with Gasteiger partial charge in [0.1, 0.15) is 0 Å². The molecule has 0 spiro atoms. The van der Waals surface area contributed by atoms with Crippen molar-refractivity contribution in [2.24, 2.45) is 0 Å². The predicted octanol–water partition coefficient (Wildman–Crippen LogP) is 2.93. The van der Waals surface area contributed by atoms with Crippen LogP contribution in [0.1, 0.15) is 9.30 Å². The summed E-state index contributed by atoms with van der Waals surface area (Å²) in [6, 6.07) is 1.71. The minimum absolute atomic E-state index is 0.0399. The van der Waals surface area contributed by atoms with Crippen molar-refractivity contribution >= 4 is 43.5 Å². The fourth-order valence-electron chi connectivity index (χ4n) is 0.625. The van der Waals surface area contributed by atoms with Crippen molar-refractivity contribution in [3.63, 3.8) is 0 Å². The van der Waals surface area contributed by atoms with Crippen molar-refractivity contribution in [2.75, 3.05) is 7.11 Å². The predicted molar refractivity (Wildman–Crippen MR) is 54.2 cm³/mol. The lowest BCUT2D eigenvalue weighted by Gasteiger charge is -2.04. The van der Waals surface area contributed by atoms with Gasteiger partial charge < -0.3 is 4.74 Å². The van der Waals surface area contributed by atoms with Crippen molar-refractivity contribution in [3.8, 4) is 5.88 Å². The molecule has 12 heavy (non-hydrogen) atoms. The molecule has 0 atom stereocenters. The molecule has 0 aliphatic rings. The molecule has 0 saturated heterocycles. The first-order chi connectivity index (χ1) is 5.65. The number of halogens is 3. The van der Waals surface area contributed by atoms with Crippen LogP contribution < -0.4 is 4.74 Å². The average Bonchev–Trinajstić information content (AvgIpc) is 2.05. The van der Waals surface area contributed by atoms with Gasteiger partial charge in [-0.3, -0.25) is 0 Å². The smallest absolute Gasteiger partial charge is 0.233 e. The number of hydrogen-bond acceptors (Lipinski definition) is 3. The van der Waals surface area contributed by atoms with Crippen molar-refractivity contribution in [2.45, 2.75) is 3.74 Å². The maximum Gasteiger partial charge on any atom is 0.233 e. The van der Waals surface area contributed by atoms with Crippen LogP contribution >= 0.6 is 43.5 Å². The SMILES string of the molecule is COc1cc(C(Br)Br)c(Cl)nn1. The highest BCUT2D eigenvalue weighted by molar-refractivity contribution is 9.24. The second-order valence-corrected chi connectivity index (χ2v) is 5.35. The molecule has 0 amide bonds. The van der Waals surface area contributed by atoms with Gasteiger partial charge in [0.2, 0.25) is 5.88 Å². The zero-order chi connectivity index (χ0) is 9.14. The zero-order valence-electron chi connectivity index (χ0n) is 6.09. The largest absolute Gasteiger partial charge is 0.480 e. The first kappa shape index (κ1) is 10.2. The summed E-state index contributed by atoms with van der Waals surface area (Å²) in [6.07, 6.45) is 0. The van der Waals surface area contributed by atoms with Gasteiger partial charge in [0.25, 0.3) is 0 Å². The van der Waals surface area contributed by atoms with E-state index < -0.39 is 0 Å². The van der Waals surface area contributed by atoms with E-state index in [0.717, 1.165) is 5.56 Å². The van der Waals surface area contributed by atoms with E-state index in [2.05, 4.69) is 42.1 Å². The molecule has 0 radical (unpaired) electrons. The van der Waals surface area contributed by atoms with Crippen LogP contribution in [0.2, 0.25) is 5.15 Å². The van der Waals surface area contributed by atoms with Gasteiger partial charge in [-0.1, -0.05) is 43.5 Å². The Morgan fingerprint density at radius 3 is 2.67 bits per heavy atom. The van der Waals surface area contributed by atoms with Crippen LogP contribution in [-0.4, -0.2) is 17.3 Å². The fourth-order valence-corrected chi connectivity index (χ4v) is 1.79. The molecule has 1 aromatic rings. The number of hydrogen-bond donors (Lipinski definition) is 0. The summed E-state index contributed by atoms with van der Waals surface area (Å²) in [4.78, 5) is 0. The maximum absolute atomic E-state index is 5.76. The summed E-state index contributed by atoms with van der Waals surface area (Å²) in [6.45, 7) is 0. The minimum atomic E-state index is -0.0399. The molecular weight excluding hydrogens is 311 g/mol. The highest BCUT2D eigenvalue weighted by atomic mass is 79.9. The first-order valence-corrected chi connectivity index (χ1v) is 5.21. The van der Waals surface area contributed by atoms with Crippen LogP contribution in [0.25, 0.3) is 0 Å². The van der Waals surface area contributed by atoms with Gasteiger partial charge in [-0.05, 0) is 0 Å². The Balaban J connectivity index is 3.08. The molecular formula is C6H5Br2ClN2O. The summed E-state index contributed by atoms with van der Waals surface area (Å²) < 4.78 is 4.85. The van der Waals surface area contributed by atoms with Crippen LogP contribution in [0.4, 0.5) is 0 Å². The van der Waals surface area contributed by atoms with Gasteiger partial charge in [0, 0.05) is 11.6 Å². The molecule has 0 aliphatic heterocycles. The highest BCUT2D eigenvalue weighted by Crippen LogP contribution is 2.34. The summed E-state index contributed by atoms with van der Waals surface area (Å²) in [5.74, 6) is 0.443. The molecule has 0 saturated carbocycles. The Kier molecular flexibility index (Phi) is 3.74. The van der Waals surface area contributed by atoms with Crippen LogP contribution in [0.3, 0.4) is 0 Å². The van der Waals surface area contributed by atoms with Crippen molar-refractivity contribution in [3.05, 3.63) is 16.8 Å². The van der Waals surface area contributed by atoms with E-state index in [-0.39, 0.29) is 3.74 Å². The summed E-state index contributed by atoms with van der Waals surface area (Å²) in [7, 11) is 1.53. The maximum atomic E-state index is 5.76. The quantitative estimate of drug-likeness (QED) is 0.787. The second kappa shape index (κ2) is 4.39. The molecule has 0 unspecified atom stereocenters. The molecule has 0 aromatic carbocycles. The molecule has 0 fully saturated rings. The Labute approximate surface area is 91.7 Å². The molecule has 6 heteroatoms. The monoisotopic (exact) mass is 314 g/mol. The number of alkyl halides is 2. The third kappa shape index (κ3) is 2.31. The van der Waals surface area contributed by atoms with Crippen LogP contribution in [-0.2, 0) is 0 Å². The van der Waals surface area contributed by atoms with Crippen LogP contribution in [0.5, 0.6) is 5.88 Å². The molecule has 0 aliphatic carbocycles. The second-order valence-electron chi connectivity index (χ2n) is 1.93. The molecule has 0 N–H and O–H groups in total. The van der Waals surface area contributed by atoms with Crippen LogP contribution in [0, 0.1) is 0 Å². The molecule has 0 bridgehead atoms. The number of aromatic nitrogens is 2. The van der Waals surface area contributed by atoms with E-state index in [1.54, 1.807) is 6.07 Å². The topological polar surface area (TPSA) is 35.0 Å². The van der Waals surface area contributed by atoms with E-state index in [9.17, 15) is 0 Å². The van der Waals surface area contributed by atoms with Crippen molar-refractivity contribution in [1.82, 2.24) is 10.2 Å². The Morgan fingerprint density at radius 2 is 2.17 bits per heavy atom. The molecule has 3 nitrogen and oxygen atoms in total. The van der Waals surface area contributed by atoms with Gasteiger partial charge in [-0.25, -0.2) is 0 Å². The van der Waals surface area contributed by atoms with Crippen molar-refractivity contribution in [1.29, 1.82) is 0 Å². The van der Waals surface area contributed by atoms with Gasteiger partial charge in [0.05, 0.1) is 10.8 Å². The van der Waals surface area contributed by atoms with E-state index in [1.807, 2.05) is 0 Å². The van der Waals surface area contributed by atoms with Gasteiger partial charge >= 0.3 is 0 Å². The fraction of sp³-hybridized carbons (Fsp3) is 0.333. The molecule has 66 valence electrons. The van der Waals surface area contributed by atoms with E-state index in [1.165, 1.54) is 7.11 Å². The normalized spacial score (nSPS) is 10.4. The van der Waals surface area contributed by atoms with E-state index in [4.69, 9.17) is 16.3 Å². The third-order valence-electron chi connectivity index (χ3n) is 1.20.